The summed E-state index contributed by atoms with van der Waals surface area (Å²) in [5, 5.41) is 21.9. The fourth-order valence-electron chi connectivity index (χ4n) is 11.6. The average molecular weight is 1570 g/mol. The molecule has 8 aromatic rings. The molecule has 542 valence electrons. The molecule has 19 nitrogen and oxygen atoms in total. The highest BCUT2D eigenvalue weighted by atomic mass is 35.5. The molecular formula is C77H72Cl6N6O13S2. The van der Waals surface area contributed by atoms with E-state index in [1.54, 1.807) is 115 Å². The molecule has 3 atom stereocenters. The minimum atomic E-state index is -3.55. The first-order valence-electron chi connectivity index (χ1n) is 32.7. The molecule has 3 amide bonds. The molecule has 0 saturated carbocycles. The Labute approximate surface area is 633 Å². The number of ether oxygens (including phenoxy) is 2. The number of carboxylic acid groups (broad SMARTS) is 1. The lowest BCUT2D eigenvalue weighted by molar-refractivity contribution is -0.143. The molecule has 3 aliphatic rings. The molecule has 3 aliphatic heterocycles. The molecule has 8 aromatic carbocycles. The summed E-state index contributed by atoms with van der Waals surface area (Å²) in [6.45, 7) is 3.14. The minimum absolute atomic E-state index is 0.0278. The van der Waals surface area contributed by atoms with Crippen molar-refractivity contribution in [2.75, 3.05) is 53.5 Å². The maximum absolute atomic E-state index is 12.9. The van der Waals surface area contributed by atoms with E-state index in [9.17, 15) is 50.7 Å². The first-order valence-corrected chi connectivity index (χ1v) is 37.8. The Morgan fingerprint density at radius 1 is 0.423 bits per heavy atom. The number of carboxylic acids is 1. The molecule has 0 aliphatic carbocycles. The van der Waals surface area contributed by atoms with E-state index in [0.717, 1.165) is 58.5 Å². The second kappa shape index (κ2) is 37.3. The first-order chi connectivity index (χ1) is 49.9. The zero-order chi connectivity index (χ0) is 74.7. The van der Waals surface area contributed by atoms with Crippen LogP contribution in [0.3, 0.4) is 0 Å². The lowest BCUT2D eigenvalue weighted by Gasteiger charge is -2.26. The van der Waals surface area contributed by atoms with E-state index in [-0.39, 0.29) is 82.5 Å². The zero-order valence-corrected chi connectivity index (χ0v) is 62.3. The van der Waals surface area contributed by atoms with Gasteiger partial charge in [0.2, 0.25) is 20.0 Å². The van der Waals surface area contributed by atoms with Crippen LogP contribution in [0.15, 0.2) is 216 Å². The SMILES string of the molecule is COC(=O)[C@H](Cc1ccc(C2=CCN(S(=O)(=O)c3ccccc3)CC2)cc1)NC(=O)c1c(Cl)cccc1Cl.COC(=O)[C@H](Cc1ccc(C2=CCNCC2)cc1)NC(=O)c1c(Cl)cccc1Cl.O=C(N[C@@H](Cc1ccc(C2=CCN(S(=O)(=O)c3ccccc3)CC2)cc1)C(=O)O)c1c(Cl)cccc1Cl. The van der Waals surface area contributed by atoms with Crippen LogP contribution in [-0.2, 0) is 63.2 Å². The molecule has 0 saturated heterocycles. The highest BCUT2D eigenvalue weighted by molar-refractivity contribution is 7.89. The largest absolute Gasteiger partial charge is 0.480 e. The number of nitrogens with one attached hydrogen (secondary N) is 4. The van der Waals surface area contributed by atoms with Gasteiger partial charge in [-0.2, -0.15) is 8.61 Å². The zero-order valence-electron chi connectivity index (χ0n) is 56.2. The number of benzene rings is 8. The number of amides is 3. The van der Waals surface area contributed by atoms with Gasteiger partial charge in [0.05, 0.1) is 70.8 Å². The van der Waals surface area contributed by atoms with Crippen LogP contribution >= 0.6 is 69.6 Å². The Hall–Kier alpha value is -8.68. The van der Waals surface area contributed by atoms with Gasteiger partial charge in [-0.05, 0) is 137 Å². The maximum atomic E-state index is 12.9. The highest BCUT2D eigenvalue weighted by Crippen LogP contribution is 2.32. The van der Waals surface area contributed by atoms with Crippen molar-refractivity contribution in [3.63, 3.8) is 0 Å². The monoisotopic (exact) mass is 1560 g/mol. The number of sulfonamides is 2. The van der Waals surface area contributed by atoms with Gasteiger partial charge >= 0.3 is 17.9 Å². The standard InChI is InChI=1S/C28H26Cl2N2O5S.C27H24Cl2N2O5S.C22H22Cl2N2O3/c1-37-28(34)25(31-27(33)26-23(29)8-5-9-24(26)30)18-19-10-12-20(13-11-19)21-14-16-32(17-15-21)38(35,36)22-6-3-2-4-7-22;28-22-7-4-8-23(29)25(22)26(32)30-24(27(33)34)17-18-9-11-19(12-10-18)20-13-15-31(16-14-20)37(35,36)21-5-2-1-3-6-21;1-29-22(28)19(26-21(27)20-17(23)3-2-4-18(20)24)13-14-5-7-15(8-6-14)16-9-11-25-12-10-16/h2-14,25H,15-18H2,1H3,(H,31,33);1-13,24H,14-17H2,(H,30,32)(H,33,34);2-9,19,25H,10-13H2,1H3,(H,26,27)/t25-;24-;19-/m000/s1. The Bertz CT molecular complexity index is 4700. The third-order valence-electron chi connectivity index (χ3n) is 17.2. The van der Waals surface area contributed by atoms with Gasteiger partial charge in [-0.1, -0.05) is 215 Å². The van der Waals surface area contributed by atoms with Crippen LogP contribution in [0.25, 0.3) is 16.7 Å². The van der Waals surface area contributed by atoms with Crippen molar-refractivity contribution >= 4 is 142 Å². The maximum Gasteiger partial charge on any atom is 0.328 e. The normalized spacial score (nSPS) is 14.9. The van der Waals surface area contributed by atoms with Gasteiger partial charge in [0.15, 0.2) is 0 Å². The predicted molar refractivity (Wildman–Crippen MR) is 406 cm³/mol. The molecule has 0 bridgehead atoms. The van der Waals surface area contributed by atoms with Crippen molar-refractivity contribution < 1.29 is 60.2 Å². The van der Waals surface area contributed by atoms with Crippen molar-refractivity contribution in [1.82, 2.24) is 29.9 Å². The van der Waals surface area contributed by atoms with Gasteiger partial charge in [-0.25, -0.2) is 31.2 Å². The van der Waals surface area contributed by atoms with E-state index in [1.165, 1.54) is 40.5 Å². The Balaban J connectivity index is 0.000000183. The lowest BCUT2D eigenvalue weighted by atomic mass is 9.97. The van der Waals surface area contributed by atoms with Crippen molar-refractivity contribution in [2.45, 2.75) is 66.4 Å². The number of carbonyl (C=O) groups excluding carboxylic acids is 5. The third-order valence-corrected chi connectivity index (χ3v) is 22.9. The summed E-state index contributed by atoms with van der Waals surface area (Å²) in [6, 6.07) is 50.8. The molecule has 0 aromatic heterocycles. The molecule has 104 heavy (non-hydrogen) atoms. The van der Waals surface area contributed by atoms with Gasteiger partial charge in [-0.15, -0.1) is 0 Å². The minimum Gasteiger partial charge on any atom is -0.480 e. The molecule has 5 N–H and O–H groups in total. The van der Waals surface area contributed by atoms with Crippen LogP contribution in [0.5, 0.6) is 0 Å². The number of aliphatic carboxylic acids is 1. The summed E-state index contributed by atoms with van der Waals surface area (Å²) in [5.41, 5.74) is 9.11. The number of nitrogens with zero attached hydrogens (tertiary/aromatic N) is 2. The second-order valence-corrected chi connectivity index (χ2v) is 30.3. The second-order valence-electron chi connectivity index (χ2n) is 24.0. The Morgan fingerprint density at radius 3 is 1.01 bits per heavy atom. The number of rotatable bonds is 22. The molecule has 11 rings (SSSR count). The molecule has 0 unspecified atom stereocenters. The van der Waals surface area contributed by atoms with Crippen molar-refractivity contribution in [3.8, 4) is 0 Å². The van der Waals surface area contributed by atoms with E-state index in [2.05, 4.69) is 27.3 Å². The Morgan fingerprint density at radius 2 is 0.731 bits per heavy atom. The fraction of sp³-hybridized carbons (Fsp3) is 0.221. The van der Waals surface area contributed by atoms with E-state index in [1.807, 2.05) is 72.8 Å². The van der Waals surface area contributed by atoms with Crippen LogP contribution in [0.1, 0.15) is 83.7 Å². The number of halogens is 6. The number of hydrogen-bond acceptors (Lipinski definition) is 13. The van der Waals surface area contributed by atoms with Crippen molar-refractivity contribution in [3.05, 3.63) is 286 Å². The Kier molecular flexibility index (Phi) is 28.5. The number of esters is 2. The summed E-state index contributed by atoms with van der Waals surface area (Å²) in [5.74, 6) is -4.08. The van der Waals surface area contributed by atoms with E-state index >= 15 is 0 Å². The summed E-state index contributed by atoms with van der Waals surface area (Å²) in [7, 11) is -4.55. The number of methoxy groups -OCH3 is 2. The third kappa shape index (κ3) is 20.8. The molecule has 0 fully saturated rings. The fourth-order valence-corrected chi connectivity index (χ4v) is 16.1. The number of hydrogen-bond donors (Lipinski definition) is 5. The van der Waals surface area contributed by atoms with Crippen LogP contribution in [0.2, 0.25) is 30.1 Å². The molecular weight excluding hydrogens is 1490 g/mol. The van der Waals surface area contributed by atoms with Crippen molar-refractivity contribution in [1.29, 1.82) is 0 Å². The van der Waals surface area contributed by atoms with Gasteiger partial charge in [0, 0.05) is 52.0 Å². The summed E-state index contributed by atoms with van der Waals surface area (Å²) in [6.07, 6.45) is 8.66. The van der Waals surface area contributed by atoms with Gasteiger partial charge in [0.25, 0.3) is 17.7 Å². The smallest absolute Gasteiger partial charge is 0.328 e. The average Bonchev–Trinajstić information content (AvgIpc) is 0.812. The van der Waals surface area contributed by atoms with Crippen LogP contribution < -0.4 is 21.3 Å². The van der Waals surface area contributed by atoms with E-state index in [0.29, 0.717) is 37.9 Å². The summed E-state index contributed by atoms with van der Waals surface area (Å²) in [4.78, 5) is 75.2. The van der Waals surface area contributed by atoms with E-state index in [4.69, 9.17) is 79.1 Å². The van der Waals surface area contributed by atoms with Gasteiger partial charge < -0.3 is 35.8 Å². The summed E-state index contributed by atoms with van der Waals surface area (Å²) >= 11 is 36.6. The van der Waals surface area contributed by atoms with Gasteiger partial charge in [0.1, 0.15) is 18.1 Å². The van der Waals surface area contributed by atoms with E-state index < -0.39 is 73.8 Å². The van der Waals surface area contributed by atoms with Crippen LogP contribution in [0, 0.1) is 0 Å². The molecule has 0 spiro atoms. The molecule has 27 heteroatoms. The molecule has 0 radical (unpaired) electrons. The van der Waals surface area contributed by atoms with Crippen LogP contribution in [0.4, 0.5) is 0 Å². The topological polar surface area (TPSA) is 264 Å². The number of carbonyl (C=O) groups is 6. The van der Waals surface area contributed by atoms with Crippen LogP contribution in [-0.4, -0.2) is 138 Å². The van der Waals surface area contributed by atoms with Gasteiger partial charge in [-0.3, -0.25) is 14.4 Å². The highest BCUT2D eigenvalue weighted by Gasteiger charge is 2.31. The quantitative estimate of drug-likeness (QED) is 0.0395. The van der Waals surface area contributed by atoms with Crippen molar-refractivity contribution in [2.24, 2.45) is 0 Å². The predicted octanol–water partition coefficient (Wildman–Crippen LogP) is 13.8. The summed E-state index contributed by atoms with van der Waals surface area (Å²) < 4.78 is 64.1. The molecule has 3 heterocycles. The first kappa shape index (κ1) is 79.4. The lowest BCUT2D eigenvalue weighted by Crippen LogP contribution is -2.43.